The number of methoxy groups -OCH3 is 1. The van der Waals surface area contributed by atoms with Gasteiger partial charge in [0.15, 0.2) is 0 Å². The molecule has 1 atom stereocenters. The fourth-order valence-corrected chi connectivity index (χ4v) is 2.30. The first-order chi connectivity index (χ1) is 9.61. The molecule has 0 amide bonds. The maximum atomic E-state index is 11.3. The molecule has 0 aliphatic heterocycles. The Balaban J connectivity index is 2.27. The van der Waals surface area contributed by atoms with Crippen LogP contribution >= 0.6 is 15.9 Å². The highest BCUT2D eigenvalue weighted by atomic mass is 79.9. The van der Waals surface area contributed by atoms with Gasteiger partial charge in [-0.25, -0.2) is 0 Å². The molecule has 0 fully saturated rings. The van der Waals surface area contributed by atoms with E-state index in [1.807, 2.05) is 18.2 Å². The van der Waals surface area contributed by atoms with Gasteiger partial charge in [-0.05, 0) is 33.6 Å². The third kappa shape index (κ3) is 3.36. The maximum Gasteiger partial charge on any atom is 0.245 e. The quantitative estimate of drug-likeness (QED) is 0.612. The van der Waals surface area contributed by atoms with E-state index in [4.69, 9.17) is 4.74 Å². The van der Waals surface area contributed by atoms with Gasteiger partial charge in [0.1, 0.15) is 5.75 Å². The Morgan fingerprint density at radius 1 is 1.25 bits per heavy atom. The monoisotopic (exact) mass is 334 g/mol. The molecule has 2 aromatic rings. The first-order valence-corrected chi connectivity index (χ1v) is 6.78. The van der Waals surface area contributed by atoms with Gasteiger partial charge >= 0.3 is 0 Å². The van der Waals surface area contributed by atoms with Gasteiger partial charge in [0.05, 0.1) is 18.0 Å². The topological polar surface area (TPSA) is 52.4 Å². The Bertz CT molecular complexity index is 601. The fourth-order valence-electron chi connectivity index (χ4n) is 1.89. The van der Waals surface area contributed by atoms with Gasteiger partial charge in [-0.1, -0.05) is 36.4 Å². The van der Waals surface area contributed by atoms with Crippen LogP contribution in [0.2, 0.25) is 0 Å². The second kappa shape index (κ2) is 6.52. The Kier molecular flexibility index (Phi) is 4.74. The number of nitro groups is 1. The number of ether oxygens (including phenoxy) is 1. The summed E-state index contributed by atoms with van der Waals surface area (Å²) < 4.78 is 6.01. The van der Waals surface area contributed by atoms with E-state index in [2.05, 4.69) is 15.9 Å². The number of nitrogens with zero attached hydrogens (tertiary/aromatic N) is 1. The molecule has 0 saturated carbocycles. The molecule has 0 N–H and O–H groups in total. The van der Waals surface area contributed by atoms with Crippen molar-refractivity contribution in [2.24, 2.45) is 0 Å². The minimum absolute atomic E-state index is 0.302. The third-order valence-electron chi connectivity index (χ3n) is 2.89. The average Bonchev–Trinajstić information content (AvgIpc) is 2.47. The van der Waals surface area contributed by atoms with E-state index in [-0.39, 0.29) is 4.92 Å². The Morgan fingerprint density at radius 3 is 2.55 bits per heavy atom. The Hall–Kier alpha value is -1.88. The van der Waals surface area contributed by atoms with Crippen molar-refractivity contribution in [3.63, 3.8) is 0 Å². The summed E-state index contributed by atoms with van der Waals surface area (Å²) >= 11 is 3.36. The fraction of sp³-hybridized carbons (Fsp3) is 0.133. The lowest BCUT2D eigenvalue weighted by atomic mass is 9.99. The molecule has 0 aliphatic rings. The third-order valence-corrected chi connectivity index (χ3v) is 3.55. The summed E-state index contributed by atoms with van der Waals surface area (Å²) in [4.78, 5) is 11.0. The van der Waals surface area contributed by atoms with Gasteiger partial charge in [-0.15, -0.1) is 0 Å². The number of hydrogen-bond donors (Lipinski definition) is 0. The number of halogens is 1. The lowest BCUT2D eigenvalue weighted by Crippen LogP contribution is -2.11. The number of benzene rings is 2. The highest BCUT2D eigenvalue weighted by molar-refractivity contribution is 9.10. The van der Waals surface area contributed by atoms with E-state index in [9.17, 15) is 10.1 Å². The molecule has 0 saturated heterocycles. The van der Waals surface area contributed by atoms with Gasteiger partial charge in [-0.2, -0.15) is 0 Å². The van der Waals surface area contributed by atoms with E-state index in [0.29, 0.717) is 11.3 Å². The van der Waals surface area contributed by atoms with Crippen molar-refractivity contribution in [3.8, 4) is 5.75 Å². The van der Waals surface area contributed by atoms with Crippen LogP contribution in [-0.2, 0) is 0 Å². The minimum Gasteiger partial charge on any atom is -0.496 e. The van der Waals surface area contributed by atoms with Gasteiger partial charge in [0.2, 0.25) is 6.04 Å². The van der Waals surface area contributed by atoms with E-state index in [0.717, 1.165) is 10.0 Å². The minimum atomic E-state index is -0.873. The summed E-state index contributed by atoms with van der Waals surface area (Å²) in [5.41, 5.74) is 1.40. The van der Waals surface area contributed by atoms with Gasteiger partial charge in [0.25, 0.3) is 0 Å². The normalized spacial score (nSPS) is 11.9. The van der Waals surface area contributed by atoms with Crippen molar-refractivity contribution in [1.82, 2.24) is 0 Å². The molecule has 20 heavy (non-hydrogen) atoms. The van der Waals surface area contributed by atoms with Crippen molar-refractivity contribution in [3.05, 3.63) is 80.7 Å². The molecule has 0 bridgehead atoms. The average molecular weight is 335 g/mol. The molecule has 1 radical (unpaired) electrons. The zero-order valence-corrected chi connectivity index (χ0v) is 12.4. The molecule has 1 unspecified atom stereocenters. The highest BCUT2D eigenvalue weighted by Crippen LogP contribution is 2.29. The summed E-state index contributed by atoms with van der Waals surface area (Å²) in [5, 5.41) is 11.3. The summed E-state index contributed by atoms with van der Waals surface area (Å²) in [6.45, 7) is 0. The van der Waals surface area contributed by atoms with Crippen LogP contribution < -0.4 is 4.74 Å². The van der Waals surface area contributed by atoms with E-state index in [1.165, 1.54) is 0 Å². The molecule has 0 heterocycles. The largest absolute Gasteiger partial charge is 0.496 e. The Labute approximate surface area is 125 Å². The van der Waals surface area contributed by atoms with Crippen LogP contribution in [0.4, 0.5) is 0 Å². The summed E-state index contributed by atoms with van der Waals surface area (Å²) in [6, 6.07) is 13.4. The molecule has 4 nitrogen and oxygen atoms in total. The molecule has 0 aromatic heterocycles. The molecular formula is C15H13BrNO3. The van der Waals surface area contributed by atoms with Crippen LogP contribution in [-0.4, -0.2) is 12.0 Å². The summed E-state index contributed by atoms with van der Waals surface area (Å²) in [6.07, 6.45) is 1.62. The van der Waals surface area contributed by atoms with Gasteiger partial charge in [-0.3, -0.25) is 10.1 Å². The molecule has 0 spiro atoms. The summed E-state index contributed by atoms with van der Waals surface area (Å²) in [5.74, 6) is 0.647. The van der Waals surface area contributed by atoms with Crippen molar-refractivity contribution in [2.45, 2.75) is 6.04 Å². The lowest BCUT2D eigenvalue weighted by Gasteiger charge is -2.11. The predicted molar refractivity (Wildman–Crippen MR) is 80.3 cm³/mol. The maximum absolute atomic E-state index is 11.3. The predicted octanol–water partition coefficient (Wildman–Crippen LogP) is 4.03. The molecule has 5 heteroatoms. The second-order valence-electron chi connectivity index (χ2n) is 4.20. The molecule has 2 rings (SSSR count). The number of rotatable bonds is 5. The highest BCUT2D eigenvalue weighted by Gasteiger charge is 2.23. The SMILES string of the molecule is COc1cc([CH]C(c2ccccc2)[N+](=O)[O-])ccc1Br. The first-order valence-electron chi connectivity index (χ1n) is 5.98. The molecule has 0 aliphatic carbocycles. The second-order valence-corrected chi connectivity index (χ2v) is 5.06. The van der Waals surface area contributed by atoms with E-state index in [1.54, 1.807) is 43.9 Å². The van der Waals surface area contributed by atoms with Gasteiger partial charge in [0, 0.05) is 10.5 Å². The van der Waals surface area contributed by atoms with Crippen LogP contribution in [0.25, 0.3) is 0 Å². The van der Waals surface area contributed by atoms with Crippen molar-refractivity contribution >= 4 is 15.9 Å². The van der Waals surface area contributed by atoms with E-state index < -0.39 is 6.04 Å². The van der Waals surface area contributed by atoms with Crippen LogP contribution in [0.1, 0.15) is 17.2 Å². The molecule has 2 aromatic carbocycles. The standard InChI is InChI=1S/C15H13BrNO3/c1-20-15-10-11(7-8-13(15)16)9-14(17(18)19)12-5-3-2-4-6-12/h2-10,14H,1H3. The van der Waals surface area contributed by atoms with Crippen LogP contribution in [0.15, 0.2) is 53.0 Å². The van der Waals surface area contributed by atoms with E-state index >= 15 is 0 Å². The van der Waals surface area contributed by atoms with Gasteiger partial charge < -0.3 is 4.74 Å². The zero-order valence-electron chi connectivity index (χ0n) is 10.8. The molecular weight excluding hydrogens is 322 g/mol. The molecule has 103 valence electrons. The smallest absolute Gasteiger partial charge is 0.245 e. The van der Waals surface area contributed by atoms with Crippen molar-refractivity contribution in [2.75, 3.05) is 7.11 Å². The van der Waals surface area contributed by atoms with Crippen molar-refractivity contribution in [1.29, 1.82) is 0 Å². The summed E-state index contributed by atoms with van der Waals surface area (Å²) in [7, 11) is 1.56. The Morgan fingerprint density at radius 2 is 1.95 bits per heavy atom. The zero-order chi connectivity index (χ0) is 14.5. The lowest BCUT2D eigenvalue weighted by molar-refractivity contribution is -0.519. The van der Waals surface area contributed by atoms with Crippen LogP contribution in [0.3, 0.4) is 0 Å². The first kappa shape index (κ1) is 14.5. The number of hydrogen-bond acceptors (Lipinski definition) is 3. The van der Waals surface area contributed by atoms with Crippen LogP contribution in [0, 0.1) is 16.5 Å². The van der Waals surface area contributed by atoms with Crippen molar-refractivity contribution < 1.29 is 9.66 Å². The van der Waals surface area contributed by atoms with Crippen LogP contribution in [0.5, 0.6) is 5.75 Å².